The average Bonchev–Trinajstić information content (AvgIpc) is 2.97. The Kier molecular flexibility index (Phi) is 4.67. The van der Waals surface area contributed by atoms with Crippen molar-refractivity contribution in [2.75, 3.05) is 12.3 Å². The number of nitrogens with two attached hydrogens (primary N) is 1. The lowest BCUT2D eigenvalue weighted by molar-refractivity contribution is 0.0943. The SMILES string of the molecule is CCn1cc(N)cc1C(=O)NCCCn1nc(C)cc1C. The van der Waals surface area contributed by atoms with Gasteiger partial charge < -0.3 is 15.6 Å². The van der Waals surface area contributed by atoms with Gasteiger partial charge in [-0.2, -0.15) is 5.10 Å². The van der Waals surface area contributed by atoms with E-state index in [1.165, 1.54) is 0 Å². The van der Waals surface area contributed by atoms with Crippen molar-refractivity contribution in [1.82, 2.24) is 19.7 Å². The first kappa shape index (κ1) is 15.2. The summed E-state index contributed by atoms with van der Waals surface area (Å²) in [6, 6.07) is 3.76. The van der Waals surface area contributed by atoms with Crippen LogP contribution in [0.25, 0.3) is 0 Å². The molecule has 6 nitrogen and oxygen atoms in total. The van der Waals surface area contributed by atoms with Crippen LogP contribution in [0.2, 0.25) is 0 Å². The van der Waals surface area contributed by atoms with E-state index in [1.807, 2.05) is 30.0 Å². The molecule has 0 radical (unpaired) electrons. The molecule has 0 aromatic carbocycles. The van der Waals surface area contributed by atoms with Crippen LogP contribution in [-0.4, -0.2) is 26.8 Å². The summed E-state index contributed by atoms with van der Waals surface area (Å²) in [5.74, 6) is -0.0816. The van der Waals surface area contributed by atoms with E-state index in [0.29, 0.717) is 17.9 Å². The molecule has 2 heterocycles. The molecule has 0 aliphatic carbocycles. The van der Waals surface area contributed by atoms with Gasteiger partial charge in [-0.3, -0.25) is 9.48 Å². The van der Waals surface area contributed by atoms with Gasteiger partial charge in [-0.05, 0) is 39.3 Å². The Morgan fingerprint density at radius 1 is 1.38 bits per heavy atom. The van der Waals surface area contributed by atoms with Crippen LogP contribution in [0.15, 0.2) is 18.3 Å². The Bertz CT molecular complexity index is 626. The maximum absolute atomic E-state index is 12.1. The van der Waals surface area contributed by atoms with Crippen molar-refractivity contribution < 1.29 is 4.79 Å². The van der Waals surface area contributed by atoms with Crippen molar-refractivity contribution in [2.45, 2.75) is 40.3 Å². The van der Waals surface area contributed by atoms with E-state index in [2.05, 4.69) is 16.5 Å². The van der Waals surface area contributed by atoms with Crippen LogP contribution in [0.4, 0.5) is 5.69 Å². The van der Waals surface area contributed by atoms with Gasteiger partial charge in [-0.25, -0.2) is 0 Å². The fraction of sp³-hybridized carbons (Fsp3) is 0.467. The molecule has 114 valence electrons. The number of hydrogen-bond acceptors (Lipinski definition) is 3. The normalized spacial score (nSPS) is 10.8. The molecule has 21 heavy (non-hydrogen) atoms. The van der Waals surface area contributed by atoms with Crippen LogP contribution in [0.1, 0.15) is 35.2 Å². The third-order valence-electron chi connectivity index (χ3n) is 3.43. The summed E-state index contributed by atoms with van der Waals surface area (Å²) in [4.78, 5) is 12.1. The molecule has 2 aromatic rings. The molecule has 0 atom stereocenters. The first-order chi connectivity index (χ1) is 10.0. The highest BCUT2D eigenvalue weighted by molar-refractivity contribution is 5.93. The number of nitrogen functional groups attached to an aromatic ring is 1. The summed E-state index contributed by atoms with van der Waals surface area (Å²) in [6.07, 6.45) is 2.63. The number of amides is 1. The molecule has 6 heteroatoms. The lowest BCUT2D eigenvalue weighted by atomic mass is 10.3. The van der Waals surface area contributed by atoms with Gasteiger partial charge in [0.05, 0.1) is 11.4 Å². The second kappa shape index (κ2) is 6.47. The van der Waals surface area contributed by atoms with Gasteiger partial charge in [0.15, 0.2) is 0 Å². The van der Waals surface area contributed by atoms with Crippen molar-refractivity contribution in [3.8, 4) is 0 Å². The predicted octanol–water partition coefficient (Wildman–Crippen LogP) is 1.72. The minimum Gasteiger partial charge on any atom is -0.397 e. The zero-order valence-corrected chi connectivity index (χ0v) is 12.9. The molecule has 0 saturated heterocycles. The van der Waals surface area contributed by atoms with E-state index in [1.54, 1.807) is 12.3 Å². The molecule has 2 rings (SSSR count). The number of anilines is 1. The number of aryl methyl sites for hydroxylation is 4. The number of nitrogens with one attached hydrogen (secondary N) is 1. The first-order valence-corrected chi connectivity index (χ1v) is 7.26. The molecule has 0 spiro atoms. The summed E-state index contributed by atoms with van der Waals surface area (Å²) in [6.45, 7) is 8.15. The smallest absolute Gasteiger partial charge is 0.267 e. The molecule has 0 saturated carbocycles. The van der Waals surface area contributed by atoms with Crippen LogP contribution in [0.5, 0.6) is 0 Å². The van der Waals surface area contributed by atoms with Crippen LogP contribution in [-0.2, 0) is 13.1 Å². The predicted molar refractivity (Wildman–Crippen MR) is 83.2 cm³/mol. The summed E-state index contributed by atoms with van der Waals surface area (Å²) < 4.78 is 3.82. The van der Waals surface area contributed by atoms with E-state index < -0.39 is 0 Å². The topological polar surface area (TPSA) is 77.9 Å². The molecule has 1 amide bonds. The first-order valence-electron chi connectivity index (χ1n) is 7.26. The highest BCUT2D eigenvalue weighted by atomic mass is 16.1. The zero-order valence-electron chi connectivity index (χ0n) is 12.9. The minimum absolute atomic E-state index is 0.0816. The molecular formula is C15H23N5O. The van der Waals surface area contributed by atoms with E-state index >= 15 is 0 Å². The summed E-state index contributed by atoms with van der Waals surface area (Å²) in [5, 5.41) is 7.33. The largest absolute Gasteiger partial charge is 0.397 e. The maximum atomic E-state index is 12.1. The average molecular weight is 289 g/mol. The second-order valence-electron chi connectivity index (χ2n) is 5.20. The quantitative estimate of drug-likeness (QED) is 0.795. The summed E-state index contributed by atoms with van der Waals surface area (Å²) in [5.41, 5.74) is 9.12. The molecule has 0 fully saturated rings. The number of rotatable bonds is 6. The van der Waals surface area contributed by atoms with Crippen LogP contribution < -0.4 is 11.1 Å². The number of carbonyl (C=O) groups is 1. The van der Waals surface area contributed by atoms with Crippen LogP contribution in [0.3, 0.4) is 0 Å². The van der Waals surface area contributed by atoms with E-state index in [-0.39, 0.29) is 5.91 Å². The lowest BCUT2D eigenvalue weighted by Gasteiger charge is -2.08. The van der Waals surface area contributed by atoms with Gasteiger partial charge in [0.1, 0.15) is 5.69 Å². The van der Waals surface area contributed by atoms with E-state index in [4.69, 9.17) is 5.73 Å². The molecule has 0 aliphatic rings. The minimum atomic E-state index is -0.0816. The monoisotopic (exact) mass is 289 g/mol. The van der Waals surface area contributed by atoms with Gasteiger partial charge in [0.2, 0.25) is 0 Å². The summed E-state index contributed by atoms with van der Waals surface area (Å²) in [7, 11) is 0. The molecule has 3 N–H and O–H groups in total. The number of nitrogens with zero attached hydrogens (tertiary/aromatic N) is 3. The van der Waals surface area contributed by atoms with Crippen molar-refractivity contribution in [1.29, 1.82) is 0 Å². The van der Waals surface area contributed by atoms with Gasteiger partial charge >= 0.3 is 0 Å². The number of hydrogen-bond donors (Lipinski definition) is 2. The third kappa shape index (κ3) is 3.65. The van der Waals surface area contributed by atoms with Crippen molar-refractivity contribution >= 4 is 11.6 Å². The molecule has 2 aromatic heterocycles. The molecule has 0 aliphatic heterocycles. The Hall–Kier alpha value is -2.24. The van der Waals surface area contributed by atoms with Gasteiger partial charge in [0, 0.05) is 31.5 Å². The van der Waals surface area contributed by atoms with Gasteiger partial charge in [-0.1, -0.05) is 0 Å². The maximum Gasteiger partial charge on any atom is 0.267 e. The van der Waals surface area contributed by atoms with Crippen molar-refractivity contribution in [3.63, 3.8) is 0 Å². The van der Waals surface area contributed by atoms with E-state index in [0.717, 1.165) is 30.9 Å². The number of aromatic nitrogens is 3. The standard InChI is InChI=1S/C15H23N5O/c1-4-19-10-13(16)9-14(19)15(21)17-6-5-7-20-12(3)8-11(2)18-20/h8-10H,4-7,16H2,1-3H3,(H,17,21). The fourth-order valence-electron chi connectivity index (χ4n) is 2.41. The van der Waals surface area contributed by atoms with Gasteiger partial charge in [-0.15, -0.1) is 0 Å². The number of carbonyl (C=O) groups excluding carboxylic acids is 1. The Labute approximate surface area is 124 Å². The summed E-state index contributed by atoms with van der Waals surface area (Å²) >= 11 is 0. The lowest BCUT2D eigenvalue weighted by Crippen LogP contribution is -2.27. The highest BCUT2D eigenvalue weighted by Crippen LogP contribution is 2.10. The van der Waals surface area contributed by atoms with E-state index in [9.17, 15) is 4.79 Å². The zero-order chi connectivity index (χ0) is 15.4. The molecule has 0 unspecified atom stereocenters. The fourth-order valence-corrected chi connectivity index (χ4v) is 2.41. The Balaban J connectivity index is 1.83. The van der Waals surface area contributed by atoms with Crippen molar-refractivity contribution in [3.05, 3.63) is 35.4 Å². The molecular weight excluding hydrogens is 266 g/mol. The Morgan fingerprint density at radius 2 is 2.14 bits per heavy atom. The van der Waals surface area contributed by atoms with Crippen molar-refractivity contribution in [2.24, 2.45) is 0 Å². The molecule has 0 bridgehead atoms. The third-order valence-corrected chi connectivity index (χ3v) is 3.43. The van der Waals surface area contributed by atoms with Gasteiger partial charge in [0.25, 0.3) is 5.91 Å². The highest BCUT2D eigenvalue weighted by Gasteiger charge is 2.11. The van der Waals surface area contributed by atoms with Crippen LogP contribution in [0, 0.1) is 13.8 Å². The van der Waals surface area contributed by atoms with Crippen LogP contribution >= 0.6 is 0 Å². The second-order valence-corrected chi connectivity index (χ2v) is 5.20. The Morgan fingerprint density at radius 3 is 2.76 bits per heavy atom.